The number of nitrogens with two attached hydrogens (primary N) is 1. The molecule has 0 saturated heterocycles. The summed E-state index contributed by atoms with van der Waals surface area (Å²) in [4.78, 5) is 25.9. The first-order chi connectivity index (χ1) is 13.6. The predicted molar refractivity (Wildman–Crippen MR) is 119 cm³/mol. The Morgan fingerprint density at radius 1 is 1.28 bits per heavy atom. The van der Waals surface area contributed by atoms with Crippen LogP contribution >= 0.6 is 11.6 Å². The maximum Gasteiger partial charge on any atom is 0.329 e. The number of benzene rings is 1. The Hall–Kier alpha value is -2.05. The van der Waals surface area contributed by atoms with Gasteiger partial charge in [0.25, 0.3) is 5.56 Å². The van der Waals surface area contributed by atoms with Gasteiger partial charge in [0.15, 0.2) is 0 Å². The minimum absolute atomic E-state index is 0.121. The van der Waals surface area contributed by atoms with Crippen LogP contribution in [0.15, 0.2) is 35.1 Å². The Morgan fingerprint density at radius 3 is 2.62 bits per heavy atom. The van der Waals surface area contributed by atoms with E-state index in [0.29, 0.717) is 29.3 Å². The van der Waals surface area contributed by atoms with Crippen LogP contribution in [0.3, 0.4) is 0 Å². The van der Waals surface area contributed by atoms with Crippen LogP contribution in [0.4, 0.5) is 5.69 Å². The number of halogens is 1. The second-order valence-corrected chi connectivity index (χ2v) is 15.2. The quantitative estimate of drug-likeness (QED) is 0.436. The van der Waals surface area contributed by atoms with E-state index in [1.807, 2.05) is 6.07 Å². The van der Waals surface area contributed by atoms with Crippen molar-refractivity contribution in [3.63, 3.8) is 0 Å². The SMILES string of the molecule is CCOC(=O)C1CC2(CC2[Si](C)(C)C)c2cc(-c3cc(Cl)ccc3N)cc(=O)n21. The summed E-state index contributed by atoms with van der Waals surface area (Å²) in [5.74, 6) is -0.316. The van der Waals surface area contributed by atoms with Crippen molar-refractivity contribution < 1.29 is 9.53 Å². The highest BCUT2D eigenvalue weighted by atomic mass is 35.5. The lowest BCUT2D eigenvalue weighted by atomic mass is 9.96. The van der Waals surface area contributed by atoms with Crippen molar-refractivity contribution in [2.45, 2.75) is 56.4 Å². The molecule has 2 heterocycles. The van der Waals surface area contributed by atoms with Gasteiger partial charge in [-0.2, -0.15) is 0 Å². The molecule has 2 aliphatic rings. The van der Waals surface area contributed by atoms with E-state index in [-0.39, 0.29) is 16.9 Å². The largest absolute Gasteiger partial charge is 0.464 e. The fraction of sp³-hybridized carbons (Fsp3) is 0.455. The van der Waals surface area contributed by atoms with Gasteiger partial charge in [-0.15, -0.1) is 0 Å². The van der Waals surface area contributed by atoms with E-state index in [2.05, 4.69) is 19.6 Å². The molecule has 5 nitrogen and oxygen atoms in total. The molecule has 3 atom stereocenters. The third-order valence-electron chi connectivity index (χ3n) is 6.45. The first-order valence-electron chi connectivity index (χ1n) is 10.1. The molecule has 154 valence electrons. The summed E-state index contributed by atoms with van der Waals surface area (Å²) < 4.78 is 6.97. The summed E-state index contributed by atoms with van der Waals surface area (Å²) in [7, 11) is -1.46. The average molecular weight is 431 g/mol. The maximum absolute atomic E-state index is 13.2. The van der Waals surface area contributed by atoms with Crippen molar-refractivity contribution >= 4 is 31.3 Å². The molecule has 7 heteroatoms. The Kier molecular flexibility index (Phi) is 4.70. The number of nitrogens with zero attached hydrogens (tertiary/aromatic N) is 1. The molecule has 1 spiro atoms. The van der Waals surface area contributed by atoms with Gasteiger partial charge in [-0.05, 0) is 55.1 Å². The van der Waals surface area contributed by atoms with E-state index in [9.17, 15) is 9.59 Å². The van der Waals surface area contributed by atoms with Crippen LogP contribution in [0.25, 0.3) is 11.1 Å². The molecule has 0 radical (unpaired) electrons. The lowest BCUT2D eigenvalue weighted by Gasteiger charge is -2.21. The van der Waals surface area contributed by atoms with Gasteiger partial charge in [-0.25, -0.2) is 4.79 Å². The van der Waals surface area contributed by atoms with Crippen LogP contribution in [0.5, 0.6) is 0 Å². The van der Waals surface area contributed by atoms with E-state index < -0.39 is 14.1 Å². The summed E-state index contributed by atoms with van der Waals surface area (Å²) in [5.41, 5.74) is 9.43. The van der Waals surface area contributed by atoms with Crippen molar-refractivity contribution in [2.24, 2.45) is 0 Å². The minimum Gasteiger partial charge on any atom is -0.464 e. The number of nitrogen functional groups attached to an aromatic ring is 1. The number of ether oxygens (including phenoxy) is 1. The Bertz CT molecular complexity index is 1060. The number of rotatable bonds is 4. The first kappa shape index (κ1) is 20.2. The lowest BCUT2D eigenvalue weighted by Crippen LogP contribution is -2.28. The van der Waals surface area contributed by atoms with Crippen molar-refractivity contribution in [1.82, 2.24) is 4.57 Å². The second kappa shape index (κ2) is 6.74. The third-order valence-corrected chi connectivity index (χ3v) is 9.54. The highest BCUT2D eigenvalue weighted by Gasteiger charge is 2.66. The van der Waals surface area contributed by atoms with E-state index in [1.165, 1.54) is 0 Å². The minimum atomic E-state index is -1.46. The van der Waals surface area contributed by atoms with Crippen molar-refractivity contribution in [1.29, 1.82) is 0 Å². The number of hydrogen-bond donors (Lipinski definition) is 1. The van der Waals surface area contributed by atoms with Gasteiger partial charge in [0.1, 0.15) is 6.04 Å². The highest BCUT2D eigenvalue weighted by molar-refractivity contribution is 6.78. The summed E-state index contributed by atoms with van der Waals surface area (Å²) in [6, 6.07) is 8.33. The normalized spacial score (nSPS) is 25.1. The van der Waals surface area contributed by atoms with Crippen molar-refractivity contribution in [3.05, 3.63) is 51.4 Å². The van der Waals surface area contributed by atoms with Crippen LogP contribution in [0.1, 0.15) is 31.5 Å². The molecule has 3 unspecified atom stereocenters. The zero-order chi connectivity index (χ0) is 21.1. The highest BCUT2D eigenvalue weighted by Crippen LogP contribution is 2.69. The van der Waals surface area contributed by atoms with Gasteiger partial charge in [-0.3, -0.25) is 9.36 Å². The lowest BCUT2D eigenvalue weighted by molar-refractivity contribution is -0.147. The molecule has 4 rings (SSSR count). The van der Waals surface area contributed by atoms with Crippen LogP contribution in [-0.2, 0) is 14.9 Å². The van der Waals surface area contributed by atoms with Crippen LogP contribution in [-0.4, -0.2) is 25.2 Å². The number of anilines is 1. The average Bonchev–Trinajstić information content (AvgIpc) is 3.28. The zero-order valence-electron chi connectivity index (χ0n) is 17.3. The molecule has 1 saturated carbocycles. The predicted octanol–water partition coefficient (Wildman–Crippen LogP) is 4.61. The smallest absolute Gasteiger partial charge is 0.329 e. The van der Waals surface area contributed by atoms with Crippen LogP contribution in [0.2, 0.25) is 30.2 Å². The summed E-state index contributed by atoms with van der Waals surface area (Å²) in [6.07, 6.45) is 1.66. The fourth-order valence-corrected chi connectivity index (χ4v) is 8.21. The zero-order valence-corrected chi connectivity index (χ0v) is 19.0. The van der Waals surface area contributed by atoms with Gasteiger partial charge >= 0.3 is 5.97 Å². The number of carbonyl (C=O) groups is 1. The van der Waals surface area contributed by atoms with Crippen molar-refractivity contribution in [2.75, 3.05) is 12.3 Å². The van der Waals surface area contributed by atoms with Crippen LogP contribution < -0.4 is 11.3 Å². The fourth-order valence-electron chi connectivity index (χ4n) is 5.14. The Balaban J connectivity index is 1.90. The topological polar surface area (TPSA) is 74.3 Å². The molecule has 1 aromatic carbocycles. The Labute approximate surface area is 176 Å². The molecule has 2 N–H and O–H groups in total. The van der Waals surface area contributed by atoms with Gasteiger partial charge < -0.3 is 10.5 Å². The molecule has 1 aliphatic carbocycles. The van der Waals surface area contributed by atoms with E-state index >= 15 is 0 Å². The molecule has 1 aromatic heterocycles. The number of esters is 1. The van der Waals surface area contributed by atoms with Crippen LogP contribution in [0, 0.1) is 0 Å². The van der Waals surface area contributed by atoms with E-state index in [4.69, 9.17) is 22.1 Å². The molecule has 0 bridgehead atoms. The van der Waals surface area contributed by atoms with Gasteiger partial charge in [0.2, 0.25) is 0 Å². The standard InChI is InChI=1S/C22H27ClN2O3Si/c1-5-28-21(27)17-11-22(12-19(22)29(2,3)4)18-8-13(9-20(26)25(17)18)15-10-14(23)6-7-16(15)24/h6-10,17,19H,5,11-12,24H2,1-4H3. The summed E-state index contributed by atoms with van der Waals surface area (Å²) in [5, 5.41) is 0.570. The molecular formula is C22H27ClN2O3Si. The number of hydrogen-bond acceptors (Lipinski definition) is 4. The third kappa shape index (κ3) is 3.22. The molecule has 0 amide bonds. The second-order valence-electron chi connectivity index (χ2n) is 9.32. The van der Waals surface area contributed by atoms with Gasteiger partial charge in [-0.1, -0.05) is 31.2 Å². The van der Waals surface area contributed by atoms with Gasteiger partial charge in [0, 0.05) is 41.5 Å². The number of aromatic nitrogens is 1. The molecule has 29 heavy (non-hydrogen) atoms. The summed E-state index contributed by atoms with van der Waals surface area (Å²) >= 11 is 6.18. The van der Waals surface area contributed by atoms with Crippen molar-refractivity contribution in [3.8, 4) is 11.1 Å². The maximum atomic E-state index is 13.2. The Morgan fingerprint density at radius 2 is 2.00 bits per heavy atom. The van der Waals surface area contributed by atoms with Gasteiger partial charge in [0.05, 0.1) is 6.61 Å². The van der Waals surface area contributed by atoms with E-state index in [1.54, 1.807) is 35.8 Å². The molecule has 2 aromatic rings. The first-order valence-corrected chi connectivity index (χ1v) is 14.0. The summed E-state index contributed by atoms with van der Waals surface area (Å²) in [6.45, 7) is 9.16. The molecule has 1 fully saturated rings. The number of pyridine rings is 1. The molecular weight excluding hydrogens is 404 g/mol. The monoisotopic (exact) mass is 430 g/mol. The number of carbonyl (C=O) groups excluding carboxylic acids is 1. The molecule has 1 aliphatic heterocycles. The van der Waals surface area contributed by atoms with E-state index in [0.717, 1.165) is 23.2 Å². The number of fused-ring (bicyclic) bond motifs is 2.